The molecule has 0 bridgehead atoms. The maximum atomic E-state index is 14.9. The summed E-state index contributed by atoms with van der Waals surface area (Å²) in [7, 11) is 2.91. The van der Waals surface area contributed by atoms with E-state index in [1.165, 1.54) is 62.8 Å². The molecule has 0 unspecified atom stereocenters. The summed E-state index contributed by atoms with van der Waals surface area (Å²) < 4.78 is 58.8. The molecule has 0 aromatic heterocycles. The lowest BCUT2D eigenvalue weighted by atomic mass is 9.98. The second kappa shape index (κ2) is 9.70. The van der Waals surface area contributed by atoms with Crippen LogP contribution >= 0.6 is 0 Å². The Labute approximate surface area is 194 Å². The molecular formula is C27H19F3O4. The van der Waals surface area contributed by atoms with Gasteiger partial charge in [-0.15, -0.1) is 0 Å². The van der Waals surface area contributed by atoms with Gasteiger partial charge in [0.1, 0.15) is 11.5 Å². The van der Waals surface area contributed by atoms with Crippen molar-refractivity contribution in [2.45, 2.75) is 0 Å². The van der Waals surface area contributed by atoms with Crippen LogP contribution in [0.1, 0.15) is 10.4 Å². The van der Waals surface area contributed by atoms with Crippen LogP contribution < -0.4 is 14.2 Å². The number of methoxy groups -OCH3 is 2. The lowest BCUT2D eigenvalue weighted by Crippen LogP contribution is -2.09. The number of benzene rings is 4. The van der Waals surface area contributed by atoms with E-state index < -0.39 is 23.4 Å². The Hall–Kier alpha value is -4.26. The Balaban J connectivity index is 1.55. The van der Waals surface area contributed by atoms with Crippen molar-refractivity contribution in [1.82, 2.24) is 0 Å². The molecule has 0 fully saturated rings. The predicted octanol–water partition coefficient (Wildman–Crippen LogP) is 6.67. The maximum Gasteiger partial charge on any atom is 0.343 e. The van der Waals surface area contributed by atoms with Crippen LogP contribution in [0.2, 0.25) is 0 Å². The molecule has 4 aromatic carbocycles. The second-order valence-electron chi connectivity index (χ2n) is 7.28. The Kier molecular flexibility index (Phi) is 6.54. The molecule has 7 heteroatoms. The Bertz CT molecular complexity index is 1330. The number of rotatable bonds is 6. The van der Waals surface area contributed by atoms with Crippen molar-refractivity contribution in [1.29, 1.82) is 0 Å². The van der Waals surface area contributed by atoms with E-state index in [-0.39, 0.29) is 28.2 Å². The van der Waals surface area contributed by atoms with Gasteiger partial charge in [-0.2, -0.15) is 0 Å². The summed E-state index contributed by atoms with van der Waals surface area (Å²) in [5.74, 6) is -2.90. The molecule has 0 amide bonds. The number of esters is 1. The molecule has 0 saturated heterocycles. The number of hydrogen-bond acceptors (Lipinski definition) is 4. The summed E-state index contributed by atoms with van der Waals surface area (Å²) >= 11 is 0. The fourth-order valence-electron chi connectivity index (χ4n) is 3.40. The quantitative estimate of drug-likeness (QED) is 0.236. The Morgan fingerprint density at radius 3 is 1.65 bits per heavy atom. The van der Waals surface area contributed by atoms with Crippen molar-refractivity contribution in [3.05, 3.63) is 102 Å². The highest BCUT2D eigenvalue weighted by molar-refractivity contribution is 5.91. The molecule has 4 rings (SSSR count). The van der Waals surface area contributed by atoms with Crippen LogP contribution in [-0.4, -0.2) is 20.2 Å². The summed E-state index contributed by atoms with van der Waals surface area (Å²) in [6.45, 7) is 0. The number of carbonyl (C=O) groups excluding carboxylic acids is 1. The van der Waals surface area contributed by atoms with Crippen LogP contribution in [-0.2, 0) is 0 Å². The first-order valence-electron chi connectivity index (χ1n) is 10.2. The average Bonchev–Trinajstić information content (AvgIpc) is 2.87. The summed E-state index contributed by atoms with van der Waals surface area (Å²) in [6.07, 6.45) is 0. The van der Waals surface area contributed by atoms with Gasteiger partial charge in [0.05, 0.1) is 19.8 Å². The van der Waals surface area contributed by atoms with E-state index >= 15 is 0 Å². The van der Waals surface area contributed by atoms with E-state index in [1.807, 2.05) is 0 Å². The smallest absolute Gasteiger partial charge is 0.343 e. The van der Waals surface area contributed by atoms with Gasteiger partial charge < -0.3 is 14.2 Å². The Morgan fingerprint density at radius 1 is 0.647 bits per heavy atom. The molecule has 0 spiro atoms. The number of hydrogen-bond donors (Lipinski definition) is 0. The molecule has 0 aliphatic carbocycles. The first kappa shape index (κ1) is 22.9. The SMILES string of the molecule is COc1ccc(-c2ccc(-c3ccc(C(=O)Oc4ccc(OC)cc4F)cc3)c(F)c2F)cc1. The van der Waals surface area contributed by atoms with Crippen molar-refractivity contribution >= 4 is 5.97 Å². The molecule has 4 nitrogen and oxygen atoms in total. The highest BCUT2D eigenvalue weighted by Crippen LogP contribution is 2.32. The van der Waals surface area contributed by atoms with Gasteiger partial charge in [-0.05, 0) is 47.5 Å². The highest BCUT2D eigenvalue weighted by Gasteiger charge is 2.17. The summed E-state index contributed by atoms with van der Waals surface area (Å²) in [6, 6.07) is 19.1. The zero-order chi connectivity index (χ0) is 24.2. The number of halogens is 3. The Morgan fingerprint density at radius 2 is 1.15 bits per heavy atom. The van der Waals surface area contributed by atoms with E-state index in [1.54, 1.807) is 24.3 Å². The van der Waals surface area contributed by atoms with Gasteiger partial charge in [-0.3, -0.25) is 0 Å². The molecule has 0 aliphatic rings. The third-order valence-electron chi connectivity index (χ3n) is 5.26. The van der Waals surface area contributed by atoms with Crippen molar-refractivity contribution in [2.24, 2.45) is 0 Å². The van der Waals surface area contributed by atoms with Gasteiger partial charge in [0.15, 0.2) is 23.2 Å². The largest absolute Gasteiger partial charge is 0.497 e. The zero-order valence-corrected chi connectivity index (χ0v) is 18.3. The number of ether oxygens (including phenoxy) is 3. The monoisotopic (exact) mass is 464 g/mol. The van der Waals surface area contributed by atoms with Crippen LogP contribution in [0.25, 0.3) is 22.3 Å². The minimum Gasteiger partial charge on any atom is -0.497 e. The molecule has 34 heavy (non-hydrogen) atoms. The molecule has 0 radical (unpaired) electrons. The van der Waals surface area contributed by atoms with Crippen LogP contribution in [0, 0.1) is 17.5 Å². The maximum absolute atomic E-state index is 14.9. The molecule has 0 heterocycles. The van der Waals surface area contributed by atoms with Crippen LogP contribution in [0.15, 0.2) is 78.9 Å². The molecule has 0 aliphatic heterocycles. The topological polar surface area (TPSA) is 44.8 Å². The summed E-state index contributed by atoms with van der Waals surface area (Å²) in [4.78, 5) is 12.4. The summed E-state index contributed by atoms with van der Waals surface area (Å²) in [5, 5.41) is 0. The summed E-state index contributed by atoms with van der Waals surface area (Å²) in [5.41, 5.74) is 1.15. The van der Waals surface area contributed by atoms with Crippen molar-refractivity contribution in [2.75, 3.05) is 14.2 Å². The lowest BCUT2D eigenvalue weighted by molar-refractivity contribution is 0.0727. The molecule has 4 aromatic rings. The fourth-order valence-corrected chi connectivity index (χ4v) is 3.40. The van der Waals surface area contributed by atoms with E-state index in [4.69, 9.17) is 14.2 Å². The molecule has 0 atom stereocenters. The molecule has 0 N–H and O–H groups in total. The van der Waals surface area contributed by atoms with E-state index in [0.29, 0.717) is 16.9 Å². The lowest BCUT2D eigenvalue weighted by Gasteiger charge is -2.11. The average molecular weight is 464 g/mol. The predicted molar refractivity (Wildman–Crippen MR) is 122 cm³/mol. The standard InChI is InChI=1S/C27H19F3O4/c1-32-19-9-7-17(8-10-19)22-13-12-21(25(29)26(22)30)16-3-5-18(6-4-16)27(31)34-24-14-11-20(33-2)15-23(24)28/h3-15H,1-2H3. The minimum atomic E-state index is -1.01. The normalized spacial score (nSPS) is 10.6. The molecule has 172 valence electrons. The fraction of sp³-hybridized carbons (Fsp3) is 0.0741. The van der Waals surface area contributed by atoms with Crippen molar-refractivity contribution in [3.63, 3.8) is 0 Å². The molecule has 0 saturated carbocycles. The van der Waals surface area contributed by atoms with Gasteiger partial charge in [0.2, 0.25) is 0 Å². The van der Waals surface area contributed by atoms with Gasteiger partial charge in [0, 0.05) is 17.2 Å². The van der Waals surface area contributed by atoms with E-state index in [0.717, 1.165) is 6.07 Å². The highest BCUT2D eigenvalue weighted by atomic mass is 19.2. The molecular weight excluding hydrogens is 445 g/mol. The van der Waals surface area contributed by atoms with Crippen LogP contribution in [0.4, 0.5) is 13.2 Å². The minimum absolute atomic E-state index is 0.0378. The second-order valence-corrected chi connectivity index (χ2v) is 7.28. The van der Waals surface area contributed by atoms with Crippen molar-refractivity contribution in [3.8, 4) is 39.5 Å². The van der Waals surface area contributed by atoms with Gasteiger partial charge in [-0.25, -0.2) is 18.0 Å². The van der Waals surface area contributed by atoms with E-state index in [9.17, 15) is 18.0 Å². The van der Waals surface area contributed by atoms with Gasteiger partial charge >= 0.3 is 5.97 Å². The third-order valence-corrected chi connectivity index (χ3v) is 5.26. The van der Waals surface area contributed by atoms with Gasteiger partial charge in [-0.1, -0.05) is 36.4 Å². The first-order valence-corrected chi connectivity index (χ1v) is 10.2. The van der Waals surface area contributed by atoms with E-state index in [2.05, 4.69) is 0 Å². The van der Waals surface area contributed by atoms with Crippen LogP contribution in [0.5, 0.6) is 17.2 Å². The third kappa shape index (κ3) is 4.59. The van der Waals surface area contributed by atoms with Gasteiger partial charge in [0.25, 0.3) is 0 Å². The first-order chi connectivity index (χ1) is 16.4. The van der Waals surface area contributed by atoms with Crippen LogP contribution in [0.3, 0.4) is 0 Å². The number of carbonyl (C=O) groups is 1. The zero-order valence-electron chi connectivity index (χ0n) is 18.3. The van der Waals surface area contributed by atoms with Crippen molar-refractivity contribution < 1.29 is 32.2 Å².